The lowest BCUT2D eigenvalue weighted by atomic mass is 9.85. The van der Waals surface area contributed by atoms with E-state index in [0.29, 0.717) is 19.0 Å². The fraction of sp³-hybridized carbons (Fsp3) is 0.476. The number of nitrogens with zero attached hydrogens (tertiary/aromatic N) is 3. The first-order valence-electron chi connectivity index (χ1n) is 10.1. The molecule has 0 saturated carbocycles. The molecule has 0 saturated heterocycles. The number of ether oxygens (including phenoxy) is 1. The van der Waals surface area contributed by atoms with Crippen LogP contribution in [0.4, 0.5) is 5.95 Å². The van der Waals surface area contributed by atoms with Crippen LogP contribution in [0.5, 0.6) is 5.75 Å². The predicted molar refractivity (Wildman–Crippen MR) is 111 cm³/mol. The molecule has 1 atom stereocenters. The van der Waals surface area contributed by atoms with Crippen molar-refractivity contribution in [3.05, 3.63) is 41.1 Å². The Kier molecular flexibility index (Phi) is 5.71. The van der Waals surface area contributed by atoms with E-state index in [-0.39, 0.29) is 11.8 Å². The van der Waals surface area contributed by atoms with Crippen LogP contribution in [0, 0.1) is 0 Å². The molecule has 1 aliphatic carbocycles. The SMILES string of the molecule is CCCCOc1cccc(C2C3=C(CCCC3=O)Nc3nc(SCC)nn32)c1. The zero-order valence-electron chi connectivity index (χ0n) is 16.4. The number of unbranched alkanes of at least 4 members (excludes halogenated alkanes) is 1. The van der Waals surface area contributed by atoms with Gasteiger partial charge in [-0.25, -0.2) is 4.68 Å². The molecular formula is C21H26N4O2S. The van der Waals surface area contributed by atoms with Crippen LogP contribution in [0.2, 0.25) is 0 Å². The van der Waals surface area contributed by atoms with Gasteiger partial charge in [-0.15, -0.1) is 5.10 Å². The molecule has 1 aromatic heterocycles. The Labute approximate surface area is 169 Å². The highest BCUT2D eigenvalue weighted by molar-refractivity contribution is 7.99. The molecule has 1 aromatic carbocycles. The van der Waals surface area contributed by atoms with E-state index in [9.17, 15) is 4.79 Å². The number of ketones is 1. The summed E-state index contributed by atoms with van der Waals surface area (Å²) in [5.41, 5.74) is 2.83. The lowest BCUT2D eigenvalue weighted by molar-refractivity contribution is -0.116. The highest BCUT2D eigenvalue weighted by atomic mass is 32.2. The third-order valence-electron chi connectivity index (χ3n) is 5.06. The molecule has 4 rings (SSSR count). The second-order valence-electron chi connectivity index (χ2n) is 7.07. The molecule has 2 aromatic rings. The van der Waals surface area contributed by atoms with Gasteiger partial charge >= 0.3 is 0 Å². The first-order valence-corrected chi connectivity index (χ1v) is 11.0. The number of rotatable bonds is 7. The van der Waals surface area contributed by atoms with Crippen molar-refractivity contribution in [3.8, 4) is 5.75 Å². The van der Waals surface area contributed by atoms with Crippen LogP contribution >= 0.6 is 11.8 Å². The number of thioether (sulfide) groups is 1. The maximum absolute atomic E-state index is 12.9. The summed E-state index contributed by atoms with van der Waals surface area (Å²) in [6.07, 6.45) is 4.45. The number of hydrogen-bond donors (Lipinski definition) is 1. The molecule has 28 heavy (non-hydrogen) atoms. The molecule has 0 bridgehead atoms. The van der Waals surface area contributed by atoms with E-state index in [1.54, 1.807) is 11.8 Å². The molecule has 2 heterocycles. The van der Waals surface area contributed by atoms with Crippen LogP contribution in [0.15, 0.2) is 40.7 Å². The van der Waals surface area contributed by atoms with Gasteiger partial charge in [-0.2, -0.15) is 4.98 Å². The van der Waals surface area contributed by atoms with Crippen molar-refractivity contribution >= 4 is 23.5 Å². The summed E-state index contributed by atoms with van der Waals surface area (Å²) >= 11 is 1.61. The number of anilines is 1. The van der Waals surface area contributed by atoms with E-state index < -0.39 is 0 Å². The summed E-state index contributed by atoms with van der Waals surface area (Å²) in [7, 11) is 0. The third-order valence-corrected chi connectivity index (χ3v) is 5.78. The van der Waals surface area contributed by atoms with E-state index in [1.807, 2.05) is 28.9 Å². The second-order valence-corrected chi connectivity index (χ2v) is 8.30. The number of benzene rings is 1. The Hall–Kier alpha value is -2.28. The van der Waals surface area contributed by atoms with Crippen molar-refractivity contribution < 1.29 is 9.53 Å². The van der Waals surface area contributed by atoms with Crippen LogP contribution in [0.1, 0.15) is 57.6 Å². The molecule has 1 unspecified atom stereocenters. The van der Waals surface area contributed by atoms with Crippen LogP contribution in [-0.2, 0) is 4.79 Å². The number of hydrogen-bond acceptors (Lipinski definition) is 6. The highest BCUT2D eigenvalue weighted by Crippen LogP contribution is 2.41. The van der Waals surface area contributed by atoms with Gasteiger partial charge in [-0.05, 0) is 42.7 Å². The highest BCUT2D eigenvalue weighted by Gasteiger charge is 2.36. The number of Topliss-reactive ketones (excluding diaryl/α,β-unsaturated/α-hetero) is 1. The van der Waals surface area contributed by atoms with E-state index in [1.165, 1.54) is 0 Å². The first-order chi connectivity index (χ1) is 13.7. The van der Waals surface area contributed by atoms with Crippen molar-refractivity contribution in [1.82, 2.24) is 14.8 Å². The molecule has 1 aliphatic heterocycles. The molecule has 6 nitrogen and oxygen atoms in total. The Morgan fingerprint density at radius 1 is 1.32 bits per heavy atom. The smallest absolute Gasteiger partial charge is 0.227 e. The Balaban J connectivity index is 1.75. The number of allylic oxidation sites excluding steroid dienone is 2. The number of carbonyl (C=O) groups is 1. The van der Waals surface area contributed by atoms with Crippen molar-refractivity contribution in [2.24, 2.45) is 0 Å². The van der Waals surface area contributed by atoms with Gasteiger partial charge < -0.3 is 10.1 Å². The van der Waals surface area contributed by atoms with Crippen molar-refractivity contribution in [3.63, 3.8) is 0 Å². The Bertz CT molecular complexity index is 906. The van der Waals surface area contributed by atoms with Crippen LogP contribution < -0.4 is 10.1 Å². The molecule has 0 spiro atoms. The van der Waals surface area contributed by atoms with Gasteiger partial charge in [0.1, 0.15) is 11.8 Å². The fourth-order valence-electron chi connectivity index (χ4n) is 3.74. The topological polar surface area (TPSA) is 69.0 Å². The van der Waals surface area contributed by atoms with Gasteiger partial charge in [-0.3, -0.25) is 4.79 Å². The minimum absolute atomic E-state index is 0.196. The van der Waals surface area contributed by atoms with Gasteiger partial charge in [0.2, 0.25) is 11.1 Å². The van der Waals surface area contributed by atoms with Crippen LogP contribution in [0.3, 0.4) is 0 Å². The van der Waals surface area contributed by atoms with E-state index >= 15 is 0 Å². The normalized spacial score (nSPS) is 18.5. The minimum atomic E-state index is -0.257. The predicted octanol–water partition coefficient (Wildman–Crippen LogP) is 4.59. The lowest BCUT2D eigenvalue weighted by Crippen LogP contribution is -2.31. The average molecular weight is 399 g/mol. The molecule has 2 aliphatic rings. The summed E-state index contributed by atoms with van der Waals surface area (Å²) in [6, 6.07) is 7.79. The van der Waals surface area contributed by atoms with Crippen LogP contribution in [-0.4, -0.2) is 32.9 Å². The fourth-order valence-corrected chi connectivity index (χ4v) is 4.30. The summed E-state index contributed by atoms with van der Waals surface area (Å²) < 4.78 is 7.77. The summed E-state index contributed by atoms with van der Waals surface area (Å²) in [5, 5.41) is 8.81. The second kappa shape index (κ2) is 8.39. The average Bonchev–Trinajstić information content (AvgIpc) is 3.09. The van der Waals surface area contributed by atoms with Crippen molar-refractivity contribution in [2.45, 2.75) is 57.1 Å². The standard InChI is InChI=1S/C21H26N4O2S/c1-3-5-12-27-15-9-6-8-14(13-15)19-18-16(10-7-11-17(18)26)22-20-23-21(28-4-2)24-25(19)20/h6,8-9,13,19H,3-5,7,10-12H2,1-2H3,(H,22,23,24). The maximum atomic E-state index is 12.9. The summed E-state index contributed by atoms with van der Waals surface area (Å²) in [6.45, 7) is 4.93. The number of carbonyl (C=O) groups excluding carboxylic acids is 1. The summed E-state index contributed by atoms with van der Waals surface area (Å²) in [5.74, 6) is 2.65. The van der Waals surface area contributed by atoms with Gasteiger partial charge in [0, 0.05) is 17.7 Å². The number of aromatic nitrogens is 3. The van der Waals surface area contributed by atoms with E-state index in [2.05, 4.69) is 24.1 Å². The maximum Gasteiger partial charge on any atom is 0.227 e. The van der Waals surface area contributed by atoms with Crippen molar-refractivity contribution in [1.29, 1.82) is 0 Å². The zero-order valence-corrected chi connectivity index (χ0v) is 17.2. The molecule has 1 N–H and O–H groups in total. The third kappa shape index (κ3) is 3.68. The number of fused-ring (bicyclic) bond motifs is 1. The lowest BCUT2D eigenvalue weighted by Gasteiger charge is -2.32. The van der Waals surface area contributed by atoms with Gasteiger partial charge in [0.05, 0.1) is 6.61 Å². The Morgan fingerprint density at radius 2 is 2.21 bits per heavy atom. The van der Waals surface area contributed by atoms with Crippen LogP contribution in [0.25, 0.3) is 0 Å². The van der Waals surface area contributed by atoms with Crippen molar-refractivity contribution in [2.75, 3.05) is 17.7 Å². The molecule has 148 valence electrons. The molecule has 7 heteroatoms. The molecule has 0 fully saturated rings. The largest absolute Gasteiger partial charge is 0.494 e. The quantitative estimate of drug-likeness (QED) is 0.543. The molecule has 0 radical (unpaired) electrons. The Morgan fingerprint density at radius 3 is 3.04 bits per heavy atom. The van der Waals surface area contributed by atoms with Gasteiger partial charge in [-0.1, -0.05) is 44.2 Å². The van der Waals surface area contributed by atoms with Gasteiger partial charge in [0.25, 0.3) is 0 Å². The molecule has 0 amide bonds. The molecular weight excluding hydrogens is 372 g/mol. The van der Waals surface area contributed by atoms with E-state index in [4.69, 9.17) is 9.84 Å². The van der Waals surface area contributed by atoms with Gasteiger partial charge in [0.15, 0.2) is 5.78 Å². The monoisotopic (exact) mass is 398 g/mol. The zero-order chi connectivity index (χ0) is 19.5. The summed E-state index contributed by atoms with van der Waals surface area (Å²) in [4.78, 5) is 17.5. The first kappa shape index (κ1) is 19.1. The minimum Gasteiger partial charge on any atom is -0.494 e. The number of nitrogens with one attached hydrogen (secondary N) is 1. The van der Waals surface area contributed by atoms with E-state index in [0.717, 1.165) is 59.2 Å².